The molecular formula is C23H21FN2O3. The number of pyridine rings is 1. The molecule has 0 unspecified atom stereocenters. The first-order valence-corrected chi connectivity index (χ1v) is 9.33. The van der Waals surface area contributed by atoms with Crippen molar-refractivity contribution in [3.8, 4) is 11.5 Å². The van der Waals surface area contributed by atoms with E-state index in [0.29, 0.717) is 28.0 Å². The van der Waals surface area contributed by atoms with Crippen LogP contribution in [0.2, 0.25) is 0 Å². The van der Waals surface area contributed by atoms with Crippen LogP contribution in [0.25, 0.3) is 33.3 Å². The summed E-state index contributed by atoms with van der Waals surface area (Å²) < 4.78 is 24.4. The number of methoxy groups -OCH3 is 1. The molecule has 0 atom stereocenters. The third kappa shape index (κ3) is 3.42. The zero-order valence-corrected chi connectivity index (χ0v) is 16.7. The summed E-state index contributed by atoms with van der Waals surface area (Å²) >= 11 is 0. The number of rotatable bonds is 4. The van der Waals surface area contributed by atoms with Crippen LogP contribution in [0.15, 0.2) is 52.9 Å². The largest absolute Gasteiger partial charge is 0.465 e. The van der Waals surface area contributed by atoms with Gasteiger partial charge in [0.15, 0.2) is 5.76 Å². The van der Waals surface area contributed by atoms with Gasteiger partial charge in [-0.3, -0.25) is 0 Å². The molecule has 0 radical (unpaired) electrons. The van der Waals surface area contributed by atoms with Gasteiger partial charge in [-0.25, -0.2) is 14.2 Å². The van der Waals surface area contributed by atoms with Crippen molar-refractivity contribution in [1.82, 2.24) is 4.98 Å². The topological polar surface area (TPSA) is 55.6 Å². The molecule has 0 saturated heterocycles. The molecular weight excluding hydrogens is 371 g/mol. The highest BCUT2D eigenvalue weighted by Gasteiger charge is 2.19. The molecule has 0 saturated carbocycles. The van der Waals surface area contributed by atoms with E-state index in [9.17, 15) is 9.18 Å². The van der Waals surface area contributed by atoms with Crippen LogP contribution in [0.3, 0.4) is 0 Å². The Kier molecular flexibility index (Phi) is 4.70. The minimum Gasteiger partial charge on any atom is -0.465 e. The molecule has 0 aliphatic rings. The Labute approximate surface area is 167 Å². The average molecular weight is 392 g/mol. The van der Waals surface area contributed by atoms with Crippen molar-refractivity contribution >= 4 is 33.5 Å². The molecule has 0 bridgehead atoms. The Hall–Kier alpha value is -3.41. The van der Waals surface area contributed by atoms with E-state index < -0.39 is 5.97 Å². The first-order chi connectivity index (χ1) is 13.9. The predicted molar refractivity (Wildman–Crippen MR) is 112 cm³/mol. The smallest absolute Gasteiger partial charge is 0.337 e. The molecule has 0 aliphatic heterocycles. The fourth-order valence-corrected chi connectivity index (χ4v) is 3.27. The molecule has 6 heteroatoms. The normalized spacial score (nSPS) is 11.4. The number of esters is 1. The van der Waals surface area contributed by atoms with Gasteiger partial charge in [0.1, 0.15) is 17.1 Å². The van der Waals surface area contributed by atoms with Crippen LogP contribution < -0.4 is 4.90 Å². The second kappa shape index (κ2) is 7.20. The number of ether oxygens (including phenoxy) is 1. The maximum atomic E-state index is 13.6. The minimum atomic E-state index is -0.394. The molecule has 2 aromatic carbocycles. The molecule has 0 aliphatic carbocycles. The van der Waals surface area contributed by atoms with Crippen molar-refractivity contribution in [3.63, 3.8) is 0 Å². The van der Waals surface area contributed by atoms with Gasteiger partial charge in [-0.1, -0.05) is 0 Å². The van der Waals surface area contributed by atoms with E-state index in [1.54, 1.807) is 30.3 Å². The van der Waals surface area contributed by atoms with Crippen molar-refractivity contribution in [2.24, 2.45) is 0 Å². The molecule has 4 rings (SSSR count). The Morgan fingerprint density at radius 3 is 2.62 bits per heavy atom. The highest BCUT2D eigenvalue weighted by atomic mass is 19.1. The number of nitrogens with zero attached hydrogens (tertiary/aromatic N) is 2. The van der Waals surface area contributed by atoms with E-state index in [-0.39, 0.29) is 11.9 Å². The fraction of sp³-hybridized carbons (Fsp3) is 0.217. The quantitative estimate of drug-likeness (QED) is 0.434. The Balaban J connectivity index is 1.94. The van der Waals surface area contributed by atoms with Crippen molar-refractivity contribution in [1.29, 1.82) is 0 Å². The first-order valence-electron chi connectivity index (χ1n) is 9.33. The van der Waals surface area contributed by atoms with E-state index in [2.05, 4.69) is 18.7 Å². The minimum absolute atomic E-state index is 0.207. The van der Waals surface area contributed by atoms with Crippen LogP contribution in [-0.2, 0) is 4.74 Å². The first kappa shape index (κ1) is 18.9. The summed E-state index contributed by atoms with van der Waals surface area (Å²) in [4.78, 5) is 18.8. The number of hydrogen-bond donors (Lipinski definition) is 0. The lowest BCUT2D eigenvalue weighted by molar-refractivity contribution is 0.0601. The number of aromatic nitrogens is 1. The Morgan fingerprint density at radius 1 is 1.10 bits per heavy atom. The predicted octanol–water partition coefficient (Wildman–Crippen LogP) is 5.42. The third-order valence-corrected chi connectivity index (χ3v) is 5.08. The number of fused-ring (bicyclic) bond motifs is 2. The summed E-state index contributed by atoms with van der Waals surface area (Å²) in [6, 6.07) is 13.7. The van der Waals surface area contributed by atoms with Crippen molar-refractivity contribution in [3.05, 3.63) is 59.9 Å². The number of carbonyl (C=O) groups is 1. The lowest BCUT2D eigenvalue weighted by Gasteiger charge is -2.25. The summed E-state index contributed by atoms with van der Waals surface area (Å²) in [7, 11) is 3.33. The lowest BCUT2D eigenvalue weighted by atomic mass is 10.1. The third-order valence-electron chi connectivity index (χ3n) is 5.08. The van der Waals surface area contributed by atoms with Gasteiger partial charge >= 0.3 is 5.97 Å². The number of halogens is 1. The summed E-state index contributed by atoms with van der Waals surface area (Å²) in [6.07, 6.45) is 0. The monoisotopic (exact) mass is 392 g/mol. The summed E-state index contributed by atoms with van der Waals surface area (Å²) in [6.45, 7) is 4.15. The lowest BCUT2D eigenvalue weighted by Crippen LogP contribution is -2.26. The summed E-state index contributed by atoms with van der Waals surface area (Å²) in [5.41, 5.74) is 3.31. The molecule has 0 fully saturated rings. The number of hydrogen-bond acceptors (Lipinski definition) is 5. The van der Waals surface area contributed by atoms with Gasteiger partial charge in [-0.05, 0) is 62.4 Å². The van der Waals surface area contributed by atoms with Gasteiger partial charge in [0.05, 0.1) is 23.9 Å². The van der Waals surface area contributed by atoms with Crippen LogP contribution in [0.5, 0.6) is 0 Å². The molecule has 29 heavy (non-hydrogen) atoms. The zero-order valence-electron chi connectivity index (χ0n) is 16.7. The molecule has 4 aromatic rings. The van der Waals surface area contributed by atoms with Gasteiger partial charge in [-0.15, -0.1) is 0 Å². The van der Waals surface area contributed by atoms with E-state index >= 15 is 0 Å². The van der Waals surface area contributed by atoms with Gasteiger partial charge in [-0.2, -0.15) is 0 Å². The fourth-order valence-electron chi connectivity index (χ4n) is 3.27. The Morgan fingerprint density at radius 2 is 1.90 bits per heavy atom. The van der Waals surface area contributed by atoms with Crippen molar-refractivity contribution < 1.29 is 18.3 Å². The summed E-state index contributed by atoms with van der Waals surface area (Å²) in [5, 5.41) is 1.50. The summed E-state index contributed by atoms with van der Waals surface area (Å²) in [5.74, 6) is -0.146. The Bertz CT molecular complexity index is 1230. The standard InChI is InChI=1S/C23H21FN2O3/c1-13(2)26(3)19-11-15-9-14(23(27)28-4)5-7-18(15)25-22(19)21-12-16-10-17(24)6-8-20(16)29-21/h5-13H,1-4H3. The second-order valence-electron chi connectivity index (χ2n) is 7.25. The molecule has 5 nitrogen and oxygen atoms in total. The second-order valence-corrected chi connectivity index (χ2v) is 7.25. The SMILES string of the molecule is COC(=O)c1ccc2nc(-c3cc4cc(F)ccc4o3)c(N(C)C(C)C)cc2c1. The van der Waals surface area contributed by atoms with Gasteiger partial charge in [0, 0.05) is 23.9 Å². The number of benzene rings is 2. The van der Waals surface area contributed by atoms with Crippen LogP contribution in [0.1, 0.15) is 24.2 Å². The molecule has 0 amide bonds. The number of anilines is 1. The average Bonchev–Trinajstić information content (AvgIpc) is 3.14. The van der Waals surface area contributed by atoms with Crippen LogP contribution >= 0.6 is 0 Å². The van der Waals surface area contributed by atoms with Crippen molar-refractivity contribution in [2.75, 3.05) is 19.1 Å². The molecule has 2 aromatic heterocycles. The molecule has 0 spiro atoms. The maximum absolute atomic E-state index is 13.6. The molecule has 148 valence electrons. The zero-order chi connectivity index (χ0) is 20.7. The highest BCUT2D eigenvalue weighted by molar-refractivity contribution is 5.97. The number of furan rings is 1. The molecule has 0 N–H and O–H groups in total. The van der Waals surface area contributed by atoms with Gasteiger partial charge in [0.25, 0.3) is 0 Å². The van der Waals surface area contributed by atoms with Crippen LogP contribution in [-0.4, -0.2) is 31.2 Å². The van der Waals surface area contributed by atoms with Crippen LogP contribution in [0.4, 0.5) is 10.1 Å². The van der Waals surface area contributed by atoms with E-state index in [0.717, 1.165) is 16.6 Å². The molecule has 2 heterocycles. The van der Waals surface area contributed by atoms with Crippen molar-refractivity contribution in [2.45, 2.75) is 19.9 Å². The van der Waals surface area contributed by atoms with E-state index in [1.807, 2.05) is 13.1 Å². The maximum Gasteiger partial charge on any atom is 0.337 e. The van der Waals surface area contributed by atoms with E-state index in [1.165, 1.54) is 19.2 Å². The van der Waals surface area contributed by atoms with Gasteiger partial charge < -0.3 is 14.1 Å². The van der Waals surface area contributed by atoms with Crippen LogP contribution in [0, 0.1) is 5.82 Å². The number of carbonyl (C=O) groups excluding carboxylic acids is 1. The van der Waals surface area contributed by atoms with Gasteiger partial charge in [0.2, 0.25) is 0 Å². The highest BCUT2D eigenvalue weighted by Crippen LogP contribution is 2.36. The van der Waals surface area contributed by atoms with E-state index in [4.69, 9.17) is 14.1 Å².